The van der Waals surface area contributed by atoms with Gasteiger partial charge in [0.15, 0.2) is 11.5 Å². The van der Waals surface area contributed by atoms with Crippen LogP contribution in [-0.4, -0.2) is 24.0 Å². The van der Waals surface area contributed by atoms with Crippen LogP contribution in [0.3, 0.4) is 0 Å². The largest absolute Gasteiger partial charge is 0.493 e. The van der Waals surface area contributed by atoms with Crippen molar-refractivity contribution in [2.24, 2.45) is 0 Å². The summed E-state index contributed by atoms with van der Waals surface area (Å²) in [7, 11) is 3.14. The maximum atomic E-state index is 11.6. The Labute approximate surface area is 116 Å². The number of methoxy groups -OCH3 is 2. The molecule has 2 aromatic rings. The lowest BCUT2D eigenvalue weighted by atomic mass is 10.1. The van der Waals surface area contributed by atoms with Crippen LogP contribution in [0.25, 0.3) is 11.3 Å². The molecule has 5 heteroatoms. The fourth-order valence-electron chi connectivity index (χ4n) is 1.80. The Hall–Kier alpha value is -2.74. The summed E-state index contributed by atoms with van der Waals surface area (Å²) in [6.45, 7) is 0.139. The van der Waals surface area contributed by atoms with Crippen LogP contribution < -0.4 is 15.0 Å². The van der Waals surface area contributed by atoms with Crippen LogP contribution >= 0.6 is 0 Å². The topological polar surface area (TPSA) is 53.4 Å². The van der Waals surface area contributed by atoms with Crippen molar-refractivity contribution in [2.45, 2.75) is 6.54 Å². The second-order valence-electron chi connectivity index (χ2n) is 3.99. The third-order valence-electron chi connectivity index (χ3n) is 2.79. The molecule has 0 saturated heterocycles. The fourth-order valence-corrected chi connectivity index (χ4v) is 1.80. The Balaban J connectivity index is 2.49. The molecule has 5 nitrogen and oxygen atoms in total. The van der Waals surface area contributed by atoms with E-state index in [2.05, 4.69) is 11.0 Å². The number of ether oxygens (including phenoxy) is 2. The molecular formula is C15H14N2O3. The average molecular weight is 270 g/mol. The summed E-state index contributed by atoms with van der Waals surface area (Å²) in [5, 5.41) is 4.23. The molecule has 20 heavy (non-hydrogen) atoms. The molecule has 0 radical (unpaired) electrons. The number of aromatic nitrogens is 2. The highest BCUT2D eigenvalue weighted by Crippen LogP contribution is 2.31. The molecule has 1 aromatic heterocycles. The summed E-state index contributed by atoms with van der Waals surface area (Å²) in [4.78, 5) is 11.6. The second-order valence-corrected chi connectivity index (χ2v) is 3.99. The minimum absolute atomic E-state index is 0.139. The summed E-state index contributed by atoms with van der Waals surface area (Å²) in [6, 6.07) is 8.51. The maximum absolute atomic E-state index is 11.6. The number of terminal acetylenes is 1. The summed E-state index contributed by atoms with van der Waals surface area (Å²) >= 11 is 0. The molecule has 0 N–H and O–H groups in total. The first-order chi connectivity index (χ1) is 9.69. The van der Waals surface area contributed by atoms with E-state index in [1.807, 2.05) is 6.07 Å². The molecule has 0 spiro atoms. The highest BCUT2D eigenvalue weighted by atomic mass is 16.5. The molecule has 1 aromatic carbocycles. The van der Waals surface area contributed by atoms with Crippen molar-refractivity contribution in [3.63, 3.8) is 0 Å². The minimum Gasteiger partial charge on any atom is -0.493 e. The molecule has 0 saturated carbocycles. The van der Waals surface area contributed by atoms with Gasteiger partial charge in [-0.3, -0.25) is 4.79 Å². The number of hydrogen-bond acceptors (Lipinski definition) is 4. The van der Waals surface area contributed by atoms with E-state index >= 15 is 0 Å². The maximum Gasteiger partial charge on any atom is 0.267 e. The van der Waals surface area contributed by atoms with E-state index in [9.17, 15) is 4.79 Å². The van der Waals surface area contributed by atoms with E-state index in [4.69, 9.17) is 15.9 Å². The lowest BCUT2D eigenvalue weighted by molar-refractivity contribution is 0.355. The molecule has 0 unspecified atom stereocenters. The first kappa shape index (κ1) is 13.7. The first-order valence-corrected chi connectivity index (χ1v) is 5.93. The number of nitrogens with zero attached hydrogens (tertiary/aromatic N) is 2. The van der Waals surface area contributed by atoms with Gasteiger partial charge in [0.05, 0.1) is 19.9 Å². The van der Waals surface area contributed by atoms with Crippen LogP contribution in [0.4, 0.5) is 0 Å². The van der Waals surface area contributed by atoms with Gasteiger partial charge in [0.25, 0.3) is 5.56 Å². The zero-order valence-corrected chi connectivity index (χ0v) is 11.3. The van der Waals surface area contributed by atoms with Crippen molar-refractivity contribution in [3.8, 4) is 35.1 Å². The van der Waals surface area contributed by atoms with Crippen LogP contribution in [0.5, 0.6) is 11.5 Å². The van der Waals surface area contributed by atoms with Crippen LogP contribution in [0.2, 0.25) is 0 Å². The van der Waals surface area contributed by atoms with Gasteiger partial charge in [0.2, 0.25) is 0 Å². The third kappa shape index (κ3) is 2.64. The van der Waals surface area contributed by atoms with Gasteiger partial charge in [-0.1, -0.05) is 5.92 Å². The van der Waals surface area contributed by atoms with Crippen molar-refractivity contribution in [1.29, 1.82) is 0 Å². The molecule has 0 amide bonds. The van der Waals surface area contributed by atoms with Crippen molar-refractivity contribution < 1.29 is 9.47 Å². The summed E-state index contributed by atoms with van der Waals surface area (Å²) in [5.74, 6) is 3.63. The Morgan fingerprint density at radius 2 is 1.95 bits per heavy atom. The first-order valence-electron chi connectivity index (χ1n) is 5.93. The van der Waals surface area contributed by atoms with Gasteiger partial charge in [-0.05, 0) is 24.3 Å². The van der Waals surface area contributed by atoms with Crippen molar-refractivity contribution >= 4 is 0 Å². The van der Waals surface area contributed by atoms with Crippen molar-refractivity contribution in [2.75, 3.05) is 14.2 Å². The number of benzene rings is 1. The van der Waals surface area contributed by atoms with Crippen LogP contribution in [0, 0.1) is 12.3 Å². The average Bonchev–Trinajstić information content (AvgIpc) is 2.49. The molecule has 0 fully saturated rings. The lowest BCUT2D eigenvalue weighted by Crippen LogP contribution is -2.21. The van der Waals surface area contributed by atoms with Crippen LogP contribution in [0.15, 0.2) is 35.1 Å². The Kier molecular flexibility index (Phi) is 4.06. The van der Waals surface area contributed by atoms with Gasteiger partial charge in [0.1, 0.15) is 6.54 Å². The summed E-state index contributed by atoms with van der Waals surface area (Å²) in [6.07, 6.45) is 5.22. The van der Waals surface area contributed by atoms with Gasteiger partial charge in [-0.15, -0.1) is 6.42 Å². The summed E-state index contributed by atoms with van der Waals surface area (Å²) in [5.41, 5.74) is 1.22. The molecular weight excluding hydrogens is 256 g/mol. The van der Waals surface area contributed by atoms with E-state index in [1.54, 1.807) is 32.4 Å². The Bertz CT molecular complexity index is 714. The predicted octanol–water partition coefficient (Wildman–Crippen LogP) is 1.56. The molecule has 0 bridgehead atoms. The van der Waals surface area contributed by atoms with Gasteiger partial charge in [0, 0.05) is 11.6 Å². The number of hydrogen-bond donors (Lipinski definition) is 0. The molecule has 0 aliphatic heterocycles. The molecule has 102 valence electrons. The van der Waals surface area contributed by atoms with Crippen molar-refractivity contribution in [3.05, 3.63) is 40.7 Å². The normalized spacial score (nSPS) is 9.85. The standard InChI is InChI=1S/C15H14N2O3/c1-4-9-17-15(18)8-6-12(16-17)11-5-7-13(19-2)14(10-11)20-3/h1,5-8,10H,9H2,2-3H3. The minimum atomic E-state index is -0.229. The SMILES string of the molecule is C#CCn1nc(-c2ccc(OC)c(OC)c2)ccc1=O. The monoisotopic (exact) mass is 270 g/mol. The van der Waals surface area contributed by atoms with Crippen LogP contribution in [0.1, 0.15) is 0 Å². The zero-order valence-electron chi connectivity index (χ0n) is 11.3. The third-order valence-corrected chi connectivity index (χ3v) is 2.79. The highest BCUT2D eigenvalue weighted by Gasteiger charge is 2.08. The Morgan fingerprint density at radius 1 is 1.20 bits per heavy atom. The highest BCUT2D eigenvalue weighted by molar-refractivity contribution is 5.63. The molecule has 0 atom stereocenters. The quantitative estimate of drug-likeness (QED) is 0.791. The molecule has 0 aliphatic rings. The molecule has 1 heterocycles. The van der Waals surface area contributed by atoms with E-state index in [1.165, 1.54) is 10.7 Å². The van der Waals surface area contributed by atoms with E-state index in [0.717, 1.165) is 5.56 Å². The van der Waals surface area contributed by atoms with Gasteiger partial charge in [-0.25, -0.2) is 4.68 Å². The summed E-state index contributed by atoms with van der Waals surface area (Å²) < 4.78 is 11.7. The molecule has 2 rings (SSSR count). The smallest absolute Gasteiger partial charge is 0.267 e. The zero-order chi connectivity index (χ0) is 14.5. The predicted molar refractivity (Wildman–Crippen MR) is 75.9 cm³/mol. The van der Waals surface area contributed by atoms with E-state index in [-0.39, 0.29) is 12.1 Å². The van der Waals surface area contributed by atoms with E-state index < -0.39 is 0 Å². The van der Waals surface area contributed by atoms with Gasteiger partial charge >= 0.3 is 0 Å². The van der Waals surface area contributed by atoms with Crippen molar-refractivity contribution in [1.82, 2.24) is 9.78 Å². The van der Waals surface area contributed by atoms with Crippen LogP contribution in [-0.2, 0) is 6.54 Å². The fraction of sp³-hybridized carbons (Fsp3) is 0.200. The second kappa shape index (κ2) is 5.93. The van der Waals surface area contributed by atoms with E-state index in [0.29, 0.717) is 17.2 Å². The van der Waals surface area contributed by atoms with Gasteiger partial charge in [-0.2, -0.15) is 5.10 Å². The van der Waals surface area contributed by atoms with Gasteiger partial charge < -0.3 is 9.47 Å². The Morgan fingerprint density at radius 3 is 2.60 bits per heavy atom. The number of rotatable bonds is 4. The molecule has 0 aliphatic carbocycles. The lowest BCUT2D eigenvalue weighted by Gasteiger charge is -2.10.